The van der Waals surface area contributed by atoms with Crippen LogP contribution < -0.4 is 10.6 Å². The molecule has 102 valence electrons. The average Bonchev–Trinajstić information content (AvgIpc) is 3.03. The molecule has 2 atom stereocenters. The third-order valence-electron chi connectivity index (χ3n) is 4.41. The van der Waals surface area contributed by atoms with Crippen LogP contribution in [0.4, 0.5) is 11.4 Å². The van der Waals surface area contributed by atoms with Gasteiger partial charge in [0.15, 0.2) is 0 Å². The number of hydrogen-bond donors (Lipinski definition) is 2. The second-order valence-corrected chi connectivity index (χ2v) is 5.70. The van der Waals surface area contributed by atoms with Gasteiger partial charge < -0.3 is 15.7 Å². The number of nitrogens with two attached hydrogens (primary N) is 1. The molecule has 2 aliphatic carbocycles. The van der Waals surface area contributed by atoms with E-state index in [0.717, 1.165) is 30.4 Å². The van der Waals surface area contributed by atoms with Gasteiger partial charge in [0.2, 0.25) is 5.91 Å². The zero-order valence-corrected chi connectivity index (χ0v) is 11.0. The van der Waals surface area contributed by atoms with E-state index in [0.29, 0.717) is 12.2 Å². The first-order valence-corrected chi connectivity index (χ1v) is 6.97. The number of aliphatic hydroxyl groups excluding tert-OH is 1. The topological polar surface area (TPSA) is 66.6 Å². The molecule has 1 aromatic carbocycles. The third-order valence-corrected chi connectivity index (χ3v) is 4.41. The van der Waals surface area contributed by atoms with E-state index in [1.807, 2.05) is 18.2 Å². The van der Waals surface area contributed by atoms with Crippen LogP contribution in [0.2, 0.25) is 0 Å². The third kappa shape index (κ3) is 2.32. The Kier molecular flexibility index (Phi) is 3.19. The van der Waals surface area contributed by atoms with Crippen LogP contribution in [-0.2, 0) is 4.79 Å². The van der Waals surface area contributed by atoms with Gasteiger partial charge in [-0.25, -0.2) is 0 Å². The SMILES string of the molecule is Nc1ccccc1N(CCO)C(=O)C1CC2CC2C1. The van der Waals surface area contributed by atoms with E-state index < -0.39 is 0 Å². The molecule has 19 heavy (non-hydrogen) atoms. The molecule has 2 unspecified atom stereocenters. The van der Waals surface area contributed by atoms with Crippen molar-refractivity contribution < 1.29 is 9.90 Å². The highest BCUT2D eigenvalue weighted by molar-refractivity contribution is 5.98. The van der Waals surface area contributed by atoms with Crippen LogP contribution in [0, 0.1) is 17.8 Å². The molecular formula is C15H20N2O2. The standard InChI is InChI=1S/C15H20N2O2/c16-13-3-1-2-4-14(13)17(5-6-18)15(19)12-8-10-7-11(10)9-12/h1-4,10-12,18H,5-9,16H2. The van der Waals surface area contributed by atoms with Gasteiger partial charge in [0.1, 0.15) is 0 Å². The molecule has 4 heteroatoms. The monoisotopic (exact) mass is 260 g/mol. The smallest absolute Gasteiger partial charge is 0.230 e. The molecule has 0 heterocycles. The highest BCUT2D eigenvalue weighted by atomic mass is 16.3. The van der Waals surface area contributed by atoms with E-state index in [1.165, 1.54) is 6.42 Å². The van der Waals surface area contributed by atoms with Crippen molar-refractivity contribution in [2.24, 2.45) is 17.8 Å². The number of rotatable bonds is 4. The number of nitrogen functional groups attached to an aromatic ring is 1. The summed E-state index contributed by atoms with van der Waals surface area (Å²) < 4.78 is 0. The number of nitrogens with zero attached hydrogens (tertiary/aromatic N) is 1. The number of carbonyl (C=O) groups is 1. The Labute approximate surface area is 113 Å². The molecule has 2 saturated carbocycles. The van der Waals surface area contributed by atoms with Crippen molar-refractivity contribution in [1.29, 1.82) is 0 Å². The van der Waals surface area contributed by atoms with E-state index in [2.05, 4.69) is 0 Å². The van der Waals surface area contributed by atoms with Crippen LogP contribution >= 0.6 is 0 Å². The van der Waals surface area contributed by atoms with E-state index in [4.69, 9.17) is 5.73 Å². The number of anilines is 2. The molecule has 3 N–H and O–H groups in total. The fraction of sp³-hybridized carbons (Fsp3) is 0.533. The van der Waals surface area contributed by atoms with Crippen molar-refractivity contribution in [3.05, 3.63) is 24.3 Å². The highest BCUT2D eigenvalue weighted by Gasteiger charge is 2.48. The van der Waals surface area contributed by atoms with Crippen LogP contribution in [0.3, 0.4) is 0 Å². The lowest BCUT2D eigenvalue weighted by Gasteiger charge is -2.26. The summed E-state index contributed by atoms with van der Waals surface area (Å²) in [6.07, 6.45) is 3.33. The van der Waals surface area contributed by atoms with Crippen molar-refractivity contribution in [2.45, 2.75) is 19.3 Å². The first-order valence-electron chi connectivity index (χ1n) is 6.97. The number of carbonyl (C=O) groups excluding carboxylic acids is 1. The molecule has 0 saturated heterocycles. The van der Waals surface area contributed by atoms with Crippen LogP contribution in [0.1, 0.15) is 19.3 Å². The van der Waals surface area contributed by atoms with Crippen molar-refractivity contribution in [2.75, 3.05) is 23.8 Å². The molecule has 1 aromatic rings. The van der Waals surface area contributed by atoms with E-state index in [1.54, 1.807) is 11.0 Å². The Hall–Kier alpha value is -1.55. The van der Waals surface area contributed by atoms with Gasteiger partial charge in [0.05, 0.1) is 18.0 Å². The second kappa shape index (κ2) is 4.85. The number of benzene rings is 1. The summed E-state index contributed by atoms with van der Waals surface area (Å²) in [5.41, 5.74) is 7.26. The van der Waals surface area contributed by atoms with Crippen LogP contribution in [0.25, 0.3) is 0 Å². The van der Waals surface area contributed by atoms with Crippen LogP contribution in [0.5, 0.6) is 0 Å². The van der Waals surface area contributed by atoms with Crippen molar-refractivity contribution in [1.82, 2.24) is 0 Å². The summed E-state index contributed by atoms with van der Waals surface area (Å²) in [5, 5.41) is 9.21. The van der Waals surface area contributed by atoms with Crippen molar-refractivity contribution >= 4 is 17.3 Å². The molecule has 1 amide bonds. The maximum Gasteiger partial charge on any atom is 0.230 e. The molecule has 4 nitrogen and oxygen atoms in total. The summed E-state index contributed by atoms with van der Waals surface area (Å²) in [5.74, 6) is 1.80. The maximum absolute atomic E-state index is 12.6. The van der Waals surface area contributed by atoms with Gasteiger partial charge in [-0.2, -0.15) is 0 Å². The summed E-state index contributed by atoms with van der Waals surface area (Å²) >= 11 is 0. The van der Waals surface area contributed by atoms with E-state index in [-0.39, 0.29) is 18.4 Å². The lowest BCUT2D eigenvalue weighted by atomic mass is 10.0. The number of hydrogen-bond acceptors (Lipinski definition) is 3. The minimum atomic E-state index is -0.0420. The Balaban J connectivity index is 1.80. The van der Waals surface area contributed by atoms with E-state index in [9.17, 15) is 9.90 Å². The molecule has 0 bridgehead atoms. The van der Waals surface area contributed by atoms with Crippen LogP contribution in [0.15, 0.2) is 24.3 Å². The highest BCUT2D eigenvalue weighted by Crippen LogP contribution is 2.54. The van der Waals surface area contributed by atoms with Gasteiger partial charge in [-0.15, -0.1) is 0 Å². The number of para-hydroxylation sites is 2. The normalized spacial score (nSPS) is 27.9. The van der Waals surface area contributed by atoms with Gasteiger partial charge >= 0.3 is 0 Å². The Morgan fingerprint density at radius 3 is 2.58 bits per heavy atom. The zero-order valence-electron chi connectivity index (χ0n) is 11.0. The lowest BCUT2D eigenvalue weighted by molar-refractivity contribution is -0.122. The summed E-state index contributed by atoms with van der Waals surface area (Å²) in [7, 11) is 0. The number of aliphatic hydroxyl groups is 1. The van der Waals surface area contributed by atoms with Crippen LogP contribution in [-0.4, -0.2) is 24.2 Å². The number of fused-ring (bicyclic) bond motifs is 1. The van der Waals surface area contributed by atoms with Gasteiger partial charge in [0, 0.05) is 12.5 Å². The van der Waals surface area contributed by atoms with Crippen molar-refractivity contribution in [3.8, 4) is 0 Å². The Morgan fingerprint density at radius 2 is 1.95 bits per heavy atom. The molecular weight excluding hydrogens is 240 g/mol. The van der Waals surface area contributed by atoms with E-state index >= 15 is 0 Å². The lowest BCUT2D eigenvalue weighted by Crippen LogP contribution is -2.38. The van der Waals surface area contributed by atoms with Gasteiger partial charge in [-0.1, -0.05) is 12.1 Å². The maximum atomic E-state index is 12.6. The minimum absolute atomic E-state index is 0.0420. The summed E-state index contributed by atoms with van der Waals surface area (Å²) in [6, 6.07) is 7.36. The molecule has 2 fully saturated rings. The molecule has 0 aliphatic heterocycles. The van der Waals surface area contributed by atoms with Gasteiger partial charge in [-0.05, 0) is 43.2 Å². The molecule has 3 rings (SSSR count). The average molecular weight is 260 g/mol. The summed E-state index contributed by atoms with van der Waals surface area (Å²) in [4.78, 5) is 14.3. The minimum Gasteiger partial charge on any atom is -0.397 e. The van der Waals surface area contributed by atoms with Crippen molar-refractivity contribution in [3.63, 3.8) is 0 Å². The predicted octanol–water partition coefficient (Wildman–Crippen LogP) is 1.64. The molecule has 2 aliphatic rings. The Morgan fingerprint density at radius 1 is 1.26 bits per heavy atom. The summed E-state index contributed by atoms with van der Waals surface area (Å²) in [6.45, 7) is 0.276. The Bertz CT molecular complexity index is 479. The molecule has 0 spiro atoms. The quantitative estimate of drug-likeness (QED) is 0.809. The first-order chi connectivity index (χ1) is 9.20. The molecule has 0 radical (unpaired) electrons. The fourth-order valence-corrected chi connectivity index (χ4v) is 3.32. The van der Waals surface area contributed by atoms with Gasteiger partial charge in [0.25, 0.3) is 0 Å². The predicted molar refractivity (Wildman–Crippen MR) is 74.6 cm³/mol. The number of amides is 1. The fourth-order valence-electron chi connectivity index (χ4n) is 3.32. The largest absolute Gasteiger partial charge is 0.397 e. The van der Waals surface area contributed by atoms with Gasteiger partial charge in [-0.3, -0.25) is 4.79 Å². The zero-order chi connectivity index (χ0) is 13.4. The molecule has 0 aromatic heterocycles. The second-order valence-electron chi connectivity index (χ2n) is 5.70. The first kappa shape index (κ1) is 12.5.